The molecule has 0 radical (unpaired) electrons. The van der Waals surface area contributed by atoms with Gasteiger partial charge in [0.15, 0.2) is 0 Å². The summed E-state index contributed by atoms with van der Waals surface area (Å²) in [6, 6.07) is 13.7. The number of halogens is 1. The summed E-state index contributed by atoms with van der Waals surface area (Å²) in [7, 11) is -3.60. The molecule has 0 spiro atoms. The van der Waals surface area contributed by atoms with E-state index in [0.717, 1.165) is 24.3 Å². The molecule has 28 heavy (non-hydrogen) atoms. The highest BCUT2D eigenvalue weighted by Crippen LogP contribution is 2.20. The first-order valence-electron chi connectivity index (χ1n) is 9.73. The van der Waals surface area contributed by atoms with Crippen LogP contribution < -0.4 is 9.46 Å². The van der Waals surface area contributed by atoms with Crippen molar-refractivity contribution in [3.05, 3.63) is 59.1 Å². The van der Waals surface area contributed by atoms with Crippen molar-refractivity contribution >= 4 is 21.6 Å². The van der Waals surface area contributed by atoms with Gasteiger partial charge in [-0.05, 0) is 62.7 Å². The lowest BCUT2D eigenvalue weighted by Crippen LogP contribution is -2.31. The lowest BCUT2D eigenvalue weighted by molar-refractivity contribution is 0.204. The molecule has 0 bridgehead atoms. The molecule has 1 aliphatic rings. The zero-order valence-electron chi connectivity index (χ0n) is 15.9. The van der Waals surface area contributed by atoms with Crippen LogP contribution in [0.1, 0.15) is 31.2 Å². The summed E-state index contributed by atoms with van der Waals surface area (Å²) in [5.41, 5.74) is 0.818. The van der Waals surface area contributed by atoms with Crippen LogP contribution in [0, 0.1) is 0 Å². The highest BCUT2D eigenvalue weighted by Gasteiger charge is 2.15. The van der Waals surface area contributed by atoms with Crippen LogP contribution in [-0.2, 0) is 16.6 Å². The van der Waals surface area contributed by atoms with Crippen LogP contribution in [0.5, 0.6) is 5.75 Å². The third-order valence-corrected chi connectivity index (χ3v) is 6.54. The number of piperidine rings is 1. The fraction of sp³-hybridized carbons (Fsp3) is 0.429. The van der Waals surface area contributed by atoms with E-state index in [-0.39, 0.29) is 11.4 Å². The normalized spacial score (nSPS) is 15.5. The third kappa shape index (κ3) is 6.21. The van der Waals surface area contributed by atoms with E-state index in [1.54, 1.807) is 12.1 Å². The second-order valence-corrected chi connectivity index (χ2v) is 9.19. The van der Waals surface area contributed by atoms with Crippen molar-refractivity contribution in [1.29, 1.82) is 0 Å². The van der Waals surface area contributed by atoms with Crippen molar-refractivity contribution < 1.29 is 13.2 Å². The van der Waals surface area contributed by atoms with Crippen molar-refractivity contribution in [3.8, 4) is 5.75 Å². The fourth-order valence-corrected chi connectivity index (χ4v) is 4.45. The molecule has 2 aromatic carbocycles. The van der Waals surface area contributed by atoms with Gasteiger partial charge in [-0.2, -0.15) is 0 Å². The second kappa shape index (κ2) is 10.3. The smallest absolute Gasteiger partial charge is 0.240 e. The summed E-state index contributed by atoms with van der Waals surface area (Å²) in [4.78, 5) is 2.68. The maximum Gasteiger partial charge on any atom is 0.240 e. The second-order valence-electron chi connectivity index (χ2n) is 6.99. The molecule has 1 fully saturated rings. The minimum absolute atomic E-state index is 0.174. The van der Waals surface area contributed by atoms with Crippen LogP contribution in [-0.4, -0.2) is 39.6 Å². The summed E-state index contributed by atoms with van der Waals surface area (Å²) in [5, 5.41) is 0.502. The van der Waals surface area contributed by atoms with E-state index in [2.05, 4.69) is 9.62 Å². The van der Waals surface area contributed by atoms with E-state index in [9.17, 15) is 8.42 Å². The van der Waals surface area contributed by atoms with E-state index in [0.29, 0.717) is 11.6 Å². The van der Waals surface area contributed by atoms with Crippen LogP contribution in [0.2, 0.25) is 5.02 Å². The zero-order valence-corrected chi connectivity index (χ0v) is 17.5. The van der Waals surface area contributed by atoms with Crippen LogP contribution >= 0.6 is 11.6 Å². The van der Waals surface area contributed by atoms with E-state index >= 15 is 0 Å². The first kappa shape index (κ1) is 21.1. The Hall–Kier alpha value is -1.60. The van der Waals surface area contributed by atoms with Crippen molar-refractivity contribution in [2.45, 2.75) is 37.1 Å². The SMILES string of the molecule is O=S(=O)(NCc1ccccc1OCCCN1CCCCC1)c1ccc(Cl)cc1. The Morgan fingerprint density at radius 1 is 1.00 bits per heavy atom. The van der Waals surface area contributed by atoms with Crippen molar-refractivity contribution in [1.82, 2.24) is 9.62 Å². The Bertz CT molecular complexity index is 850. The number of hydrogen-bond acceptors (Lipinski definition) is 4. The molecule has 5 nitrogen and oxygen atoms in total. The van der Waals surface area contributed by atoms with Crippen molar-refractivity contribution in [2.75, 3.05) is 26.2 Å². The van der Waals surface area contributed by atoms with Crippen molar-refractivity contribution in [3.63, 3.8) is 0 Å². The maximum atomic E-state index is 12.5. The molecule has 3 rings (SSSR count). The highest BCUT2D eigenvalue weighted by molar-refractivity contribution is 7.89. The number of benzene rings is 2. The number of nitrogens with zero attached hydrogens (tertiary/aromatic N) is 1. The van der Waals surface area contributed by atoms with E-state index in [1.165, 1.54) is 44.5 Å². The largest absolute Gasteiger partial charge is 0.493 e. The number of likely N-dealkylation sites (tertiary alicyclic amines) is 1. The average molecular weight is 423 g/mol. The molecule has 1 N–H and O–H groups in total. The quantitative estimate of drug-likeness (QED) is 0.619. The minimum Gasteiger partial charge on any atom is -0.493 e. The maximum absolute atomic E-state index is 12.5. The van der Waals surface area contributed by atoms with Crippen molar-refractivity contribution in [2.24, 2.45) is 0 Å². The third-order valence-electron chi connectivity index (χ3n) is 4.87. The number of ether oxygens (including phenoxy) is 1. The predicted octanol–water partition coefficient (Wildman–Crippen LogP) is 4.07. The first-order chi connectivity index (χ1) is 13.5. The first-order valence-corrected chi connectivity index (χ1v) is 11.6. The Kier molecular flexibility index (Phi) is 7.73. The van der Waals surface area contributed by atoms with Gasteiger partial charge in [0.1, 0.15) is 5.75 Å². The lowest BCUT2D eigenvalue weighted by atomic mass is 10.1. The van der Waals surface area contributed by atoms with Gasteiger partial charge in [-0.3, -0.25) is 0 Å². The highest BCUT2D eigenvalue weighted by atomic mass is 35.5. The molecule has 0 amide bonds. The average Bonchev–Trinajstić information content (AvgIpc) is 2.71. The van der Waals surface area contributed by atoms with Gasteiger partial charge in [0.25, 0.3) is 0 Å². The van der Waals surface area contributed by atoms with Gasteiger partial charge in [0, 0.05) is 23.7 Å². The molecular weight excluding hydrogens is 396 g/mol. The van der Waals surface area contributed by atoms with Crippen LogP contribution in [0.25, 0.3) is 0 Å². The van der Waals surface area contributed by atoms with Gasteiger partial charge in [-0.15, -0.1) is 0 Å². The minimum atomic E-state index is -3.60. The number of nitrogens with one attached hydrogen (secondary N) is 1. The fourth-order valence-electron chi connectivity index (χ4n) is 3.31. The number of sulfonamides is 1. The Balaban J connectivity index is 1.52. The van der Waals surface area contributed by atoms with Gasteiger partial charge in [0.2, 0.25) is 10.0 Å². The standard InChI is InChI=1S/C21H27ClN2O3S/c22-19-9-11-20(12-10-19)28(25,26)23-17-18-7-2-3-8-21(18)27-16-6-15-24-13-4-1-5-14-24/h2-3,7-12,23H,1,4-6,13-17H2. The Morgan fingerprint density at radius 2 is 1.71 bits per heavy atom. The van der Waals surface area contributed by atoms with Gasteiger partial charge >= 0.3 is 0 Å². The molecule has 1 heterocycles. The Morgan fingerprint density at radius 3 is 2.46 bits per heavy atom. The molecule has 152 valence electrons. The molecule has 0 atom stereocenters. The molecule has 0 aromatic heterocycles. The van der Waals surface area contributed by atoms with Crippen LogP contribution in [0.15, 0.2) is 53.4 Å². The van der Waals surface area contributed by atoms with Gasteiger partial charge in [0.05, 0.1) is 11.5 Å². The zero-order chi connectivity index (χ0) is 19.8. The summed E-state index contributed by atoms with van der Waals surface area (Å²) in [6.07, 6.45) is 4.88. The molecule has 1 aliphatic heterocycles. The monoisotopic (exact) mass is 422 g/mol. The molecule has 0 saturated carbocycles. The molecule has 0 aliphatic carbocycles. The predicted molar refractivity (Wildman–Crippen MR) is 112 cm³/mol. The van der Waals surface area contributed by atoms with E-state index in [1.807, 2.05) is 24.3 Å². The van der Waals surface area contributed by atoms with Gasteiger partial charge in [-0.25, -0.2) is 13.1 Å². The summed E-state index contributed by atoms with van der Waals surface area (Å²) >= 11 is 5.83. The number of rotatable bonds is 9. The lowest BCUT2D eigenvalue weighted by Gasteiger charge is -2.26. The molecule has 1 saturated heterocycles. The van der Waals surface area contributed by atoms with Crippen LogP contribution in [0.4, 0.5) is 0 Å². The van der Waals surface area contributed by atoms with Gasteiger partial charge < -0.3 is 9.64 Å². The molecule has 0 unspecified atom stereocenters. The molecule has 2 aromatic rings. The molecule has 7 heteroatoms. The Labute approximate surface area is 172 Å². The summed E-state index contributed by atoms with van der Waals surface area (Å²) in [6.45, 7) is 4.21. The van der Waals surface area contributed by atoms with Crippen LogP contribution in [0.3, 0.4) is 0 Å². The summed E-state index contributed by atoms with van der Waals surface area (Å²) in [5.74, 6) is 0.722. The van der Waals surface area contributed by atoms with E-state index < -0.39 is 10.0 Å². The number of para-hydroxylation sites is 1. The van der Waals surface area contributed by atoms with E-state index in [4.69, 9.17) is 16.3 Å². The summed E-state index contributed by atoms with van der Waals surface area (Å²) < 4.78 is 33.5. The van der Waals surface area contributed by atoms with Gasteiger partial charge in [-0.1, -0.05) is 36.2 Å². The topological polar surface area (TPSA) is 58.6 Å². The number of hydrogen-bond donors (Lipinski definition) is 1. The molecular formula is C21H27ClN2O3S.